The van der Waals surface area contributed by atoms with Crippen molar-refractivity contribution in [1.29, 1.82) is 0 Å². The third-order valence-corrected chi connectivity index (χ3v) is 2.95. The van der Waals surface area contributed by atoms with E-state index in [4.69, 9.17) is 9.47 Å². The molecule has 0 aliphatic carbocycles. The molecular weight excluding hydrogens is 332 g/mol. The molecule has 0 fully saturated rings. The van der Waals surface area contributed by atoms with Crippen LogP contribution in [-0.4, -0.2) is 53.6 Å². The quantitative estimate of drug-likeness (QED) is 0.167. The molecule has 146 valence electrons. The second kappa shape index (κ2) is 10.6. The predicted octanol–water partition coefficient (Wildman–Crippen LogP) is 2.19. The first-order valence-corrected chi connectivity index (χ1v) is 8.23. The van der Waals surface area contributed by atoms with Crippen LogP contribution in [0.3, 0.4) is 0 Å². The molecule has 0 bridgehead atoms. The molecule has 0 aromatic rings. The molecule has 25 heavy (non-hydrogen) atoms. The number of carbonyl (C=O) groups excluding carboxylic acids is 2. The molecule has 0 saturated heterocycles. The molecule has 0 radical (unpaired) electrons. The van der Waals surface area contributed by atoms with E-state index in [1.165, 1.54) is 5.01 Å². The molecule has 1 amide bonds. The fourth-order valence-electron chi connectivity index (χ4n) is 1.70. The number of nitrogens with zero attached hydrogens (tertiary/aromatic N) is 3. The molecule has 0 aromatic heterocycles. The van der Waals surface area contributed by atoms with Gasteiger partial charge in [0, 0.05) is 0 Å². The fourth-order valence-corrected chi connectivity index (χ4v) is 1.70. The van der Waals surface area contributed by atoms with Gasteiger partial charge in [-0.2, -0.15) is 0 Å². The van der Waals surface area contributed by atoms with Gasteiger partial charge in [-0.05, 0) is 40.5 Å². The summed E-state index contributed by atoms with van der Waals surface area (Å²) in [6.45, 7) is 12.6. The third kappa shape index (κ3) is 9.58. The largest absolute Gasteiger partial charge is 0.569 e. The predicted molar refractivity (Wildman–Crippen MR) is 89.0 cm³/mol. The van der Waals surface area contributed by atoms with Crippen molar-refractivity contribution in [1.82, 2.24) is 10.3 Å². The number of alkyl carbamates (subject to hydrolysis) is 1. The summed E-state index contributed by atoms with van der Waals surface area (Å²) in [5.74, 6) is -0.944. The van der Waals surface area contributed by atoms with Crippen molar-refractivity contribution in [2.24, 2.45) is 11.2 Å². The third-order valence-electron chi connectivity index (χ3n) is 2.95. The first kappa shape index (κ1) is 22.7. The number of ether oxygens (including phenoxy) is 2. The van der Waals surface area contributed by atoms with Gasteiger partial charge < -0.3 is 24.8 Å². The van der Waals surface area contributed by atoms with Crippen LogP contribution in [0.25, 0.3) is 0 Å². The smallest absolute Gasteiger partial charge is 0.408 e. The van der Waals surface area contributed by atoms with E-state index in [9.17, 15) is 14.8 Å². The number of hydrogen-bond donors (Lipinski definition) is 1. The van der Waals surface area contributed by atoms with Crippen LogP contribution >= 0.6 is 0 Å². The number of hydrazine groups is 1. The number of hydrogen-bond acceptors (Lipinski definition) is 7. The Labute approximate surface area is 148 Å². The fraction of sp³-hybridized carbons (Fsp3) is 0.867. The van der Waals surface area contributed by atoms with Crippen LogP contribution in [0, 0.1) is 11.1 Å². The zero-order valence-corrected chi connectivity index (χ0v) is 16.1. The van der Waals surface area contributed by atoms with Gasteiger partial charge in [0.1, 0.15) is 11.6 Å². The highest BCUT2D eigenvalue weighted by atomic mass is 16.8. The van der Waals surface area contributed by atoms with E-state index in [1.807, 2.05) is 0 Å². The summed E-state index contributed by atoms with van der Waals surface area (Å²) in [7, 11) is 0. The Balaban J connectivity index is 4.52. The Kier molecular flexibility index (Phi) is 9.62. The van der Waals surface area contributed by atoms with Gasteiger partial charge in [0.2, 0.25) is 5.28 Å². The summed E-state index contributed by atoms with van der Waals surface area (Å²) in [6, 6.07) is -0.912. The van der Waals surface area contributed by atoms with Crippen molar-refractivity contribution < 1.29 is 28.9 Å². The minimum Gasteiger partial charge on any atom is -0.569 e. The topological polar surface area (TPSA) is 116 Å². The molecule has 1 N–H and O–H groups in total. The normalized spacial score (nSPS) is 13.2. The first-order valence-electron chi connectivity index (χ1n) is 8.23. The van der Waals surface area contributed by atoms with Gasteiger partial charge in [0.15, 0.2) is 0 Å². The summed E-state index contributed by atoms with van der Waals surface area (Å²) in [6.07, 6.45) is -0.721. The van der Waals surface area contributed by atoms with Gasteiger partial charge >= 0.3 is 12.1 Å². The van der Waals surface area contributed by atoms with Gasteiger partial charge in [0.25, 0.3) is 6.79 Å². The van der Waals surface area contributed by atoms with E-state index < -0.39 is 30.5 Å². The Bertz CT molecular complexity index is 457. The van der Waals surface area contributed by atoms with Crippen LogP contribution < -0.4 is 5.32 Å². The number of carbonyl (C=O) groups is 2. The summed E-state index contributed by atoms with van der Waals surface area (Å²) >= 11 is 0. The van der Waals surface area contributed by atoms with Crippen molar-refractivity contribution in [2.45, 2.75) is 60.1 Å². The summed E-state index contributed by atoms with van der Waals surface area (Å²) in [5, 5.41) is 18.6. The van der Waals surface area contributed by atoms with Crippen molar-refractivity contribution >= 4 is 12.1 Å². The number of nitrogens with one attached hydrogen (secondary N) is 1. The van der Waals surface area contributed by atoms with Crippen LogP contribution in [0.4, 0.5) is 4.79 Å². The maximum absolute atomic E-state index is 12.1. The van der Waals surface area contributed by atoms with E-state index in [0.717, 1.165) is 0 Å². The molecule has 0 heterocycles. The molecule has 0 rings (SSSR count). The van der Waals surface area contributed by atoms with E-state index in [0.29, 0.717) is 13.1 Å². The van der Waals surface area contributed by atoms with Gasteiger partial charge in [-0.15, -0.1) is 5.01 Å². The molecule has 0 saturated carbocycles. The van der Waals surface area contributed by atoms with Crippen molar-refractivity contribution in [3.8, 4) is 0 Å². The Morgan fingerprint density at radius 2 is 1.80 bits per heavy atom. The van der Waals surface area contributed by atoms with Crippen LogP contribution in [0.5, 0.6) is 0 Å². The summed E-state index contributed by atoms with van der Waals surface area (Å²) < 4.78 is 10.0. The molecule has 0 spiro atoms. The first-order chi connectivity index (χ1) is 11.5. The SMILES string of the molecule is CCN(CC)/[N+]([O-])=N/OCOC(=O)C(NC(=O)OC(C)(C)C)C(C)C. The average molecular weight is 362 g/mol. The average Bonchev–Trinajstić information content (AvgIpc) is 2.48. The highest BCUT2D eigenvalue weighted by molar-refractivity contribution is 5.81. The van der Waals surface area contributed by atoms with E-state index in [1.54, 1.807) is 48.5 Å². The van der Waals surface area contributed by atoms with Gasteiger partial charge in [-0.3, -0.25) is 0 Å². The van der Waals surface area contributed by atoms with Crippen LogP contribution in [-0.2, 0) is 19.1 Å². The molecule has 1 atom stereocenters. The minimum absolute atomic E-state index is 0.233. The lowest BCUT2D eigenvalue weighted by Crippen LogP contribution is -2.47. The minimum atomic E-state index is -0.912. The van der Waals surface area contributed by atoms with Crippen molar-refractivity contribution in [2.75, 3.05) is 19.9 Å². The van der Waals surface area contributed by atoms with Crippen LogP contribution in [0.1, 0.15) is 48.5 Å². The maximum Gasteiger partial charge on any atom is 0.408 e. The van der Waals surface area contributed by atoms with Gasteiger partial charge in [-0.25, -0.2) is 9.59 Å². The number of amides is 1. The standard InChI is InChI=1S/C15H30N4O6/c1-8-18(9-2)19(22)17-24-10-23-13(20)12(11(3)4)16-14(21)25-15(5,6)7/h11-12H,8-10H2,1-7H3,(H,16,21)/b19-17-. The zero-order valence-electron chi connectivity index (χ0n) is 16.1. The molecule has 0 aliphatic rings. The Morgan fingerprint density at radius 1 is 1.24 bits per heavy atom. The molecule has 0 aliphatic heterocycles. The highest BCUT2D eigenvalue weighted by Gasteiger charge is 2.28. The lowest BCUT2D eigenvalue weighted by Gasteiger charge is -2.24. The number of esters is 1. The second-order valence-corrected chi connectivity index (χ2v) is 6.55. The van der Waals surface area contributed by atoms with Crippen molar-refractivity contribution in [3.63, 3.8) is 0 Å². The Morgan fingerprint density at radius 3 is 2.24 bits per heavy atom. The second-order valence-electron chi connectivity index (χ2n) is 6.55. The van der Waals surface area contributed by atoms with Gasteiger partial charge in [-0.1, -0.05) is 13.8 Å². The lowest BCUT2D eigenvalue weighted by atomic mass is 10.1. The lowest BCUT2D eigenvalue weighted by molar-refractivity contribution is -0.710. The summed E-state index contributed by atoms with van der Waals surface area (Å²) in [4.78, 5) is 28.8. The van der Waals surface area contributed by atoms with E-state index in [2.05, 4.69) is 15.4 Å². The van der Waals surface area contributed by atoms with E-state index in [-0.39, 0.29) is 10.9 Å². The van der Waals surface area contributed by atoms with Crippen molar-refractivity contribution in [3.05, 3.63) is 5.21 Å². The van der Waals surface area contributed by atoms with Gasteiger partial charge in [0.05, 0.1) is 18.1 Å². The Hall–Kier alpha value is -2.26. The molecule has 10 heteroatoms. The van der Waals surface area contributed by atoms with Crippen LogP contribution in [0.15, 0.2) is 5.28 Å². The summed E-state index contributed by atoms with van der Waals surface area (Å²) in [5.41, 5.74) is -0.681. The molecular formula is C15H30N4O6. The number of rotatable bonds is 9. The molecule has 0 aromatic carbocycles. The molecule has 1 unspecified atom stereocenters. The molecule has 10 nitrogen and oxygen atoms in total. The van der Waals surface area contributed by atoms with Crippen LogP contribution in [0.2, 0.25) is 0 Å². The van der Waals surface area contributed by atoms with E-state index >= 15 is 0 Å². The highest BCUT2D eigenvalue weighted by Crippen LogP contribution is 2.09. The maximum atomic E-state index is 12.1. The zero-order chi connectivity index (χ0) is 19.6. The monoisotopic (exact) mass is 362 g/mol.